The van der Waals surface area contributed by atoms with E-state index in [2.05, 4.69) is 12.2 Å². The first-order chi connectivity index (χ1) is 10.1. The lowest BCUT2D eigenvalue weighted by Crippen LogP contribution is -2.38. The van der Waals surface area contributed by atoms with Gasteiger partial charge in [-0.1, -0.05) is 6.92 Å². The van der Waals surface area contributed by atoms with Crippen LogP contribution in [0, 0.1) is 17.2 Å². The number of halogens is 1. The van der Waals surface area contributed by atoms with E-state index in [1.807, 2.05) is 0 Å². The van der Waals surface area contributed by atoms with E-state index in [4.69, 9.17) is 4.74 Å². The van der Waals surface area contributed by atoms with Crippen LogP contribution in [0.15, 0.2) is 18.2 Å². The molecule has 1 N–H and O–H groups in total. The topological polar surface area (TPSA) is 21.3 Å². The first kappa shape index (κ1) is 13.6. The van der Waals surface area contributed by atoms with Crippen LogP contribution in [0.5, 0.6) is 5.75 Å². The summed E-state index contributed by atoms with van der Waals surface area (Å²) in [6, 6.07) is 5.67. The molecule has 114 valence electrons. The molecule has 3 aliphatic rings. The molecule has 21 heavy (non-hydrogen) atoms. The second-order valence-electron chi connectivity index (χ2n) is 7.48. The molecule has 2 aliphatic carbocycles. The standard InChI is InChI=1S/C18H24FNO/c1-18(13-2-3-13,11-20-15-5-6-15)10-16-9-12-8-14(19)4-7-17(12)21-16/h4,7-8,13,15-16,20H,2-3,5-6,9-11H2,1H3. The molecule has 2 saturated carbocycles. The lowest BCUT2D eigenvalue weighted by Gasteiger charge is -2.32. The van der Waals surface area contributed by atoms with Crippen LogP contribution in [0.4, 0.5) is 4.39 Å². The Morgan fingerprint density at radius 1 is 1.29 bits per heavy atom. The zero-order valence-electron chi connectivity index (χ0n) is 12.7. The highest BCUT2D eigenvalue weighted by atomic mass is 19.1. The van der Waals surface area contributed by atoms with E-state index in [9.17, 15) is 4.39 Å². The number of nitrogens with one attached hydrogen (secondary N) is 1. The molecule has 1 heterocycles. The molecule has 2 atom stereocenters. The molecule has 0 saturated heterocycles. The van der Waals surface area contributed by atoms with E-state index in [-0.39, 0.29) is 11.9 Å². The van der Waals surface area contributed by atoms with Gasteiger partial charge in [0.25, 0.3) is 0 Å². The molecule has 0 radical (unpaired) electrons. The SMILES string of the molecule is CC(CNC1CC1)(CC1Cc2cc(F)ccc2O1)C1CC1. The van der Waals surface area contributed by atoms with Gasteiger partial charge >= 0.3 is 0 Å². The van der Waals surface area contributed by atoms with Crippen LogP contribution in [0.1, 0.15) is 44.6 Å². The van der Waals surface area contributed by atoms with Crippen molar-refractivity contribution in [1.82, 2.24) is 5.32 Å². The van der Waals surface area contributed by atoms with Crippen LogP contribution in [-0.2, 0) is 6.42 Å². The Morgan fingerprint density at radius 2 is 2.10 bits per heavy atom. The van der Waals surface area contributed by atoms with Crippen LogP contribution >= 0.6 is 0 Å². The molecule has 2 fully saturated rings. The van der Waals surface area contributed by atoms with Gasteiger partial charge in [0, 0.05) is 24.6 Å². The molecular weight excluding hydrogens is 265 g/mol. The lowest BCUT2D eigenvalue weighted by atomic mass is 9.78. The van der Waals surface area contributed by atoms with Gasteiger partial charge in [-0.3, -0.25) is 0 Å². The highest BCUT2D eigenvalue weighted by Gasteiger charge is 2.44. The van der Waals surface area contributed by atoms with E-state index < -0.39 is 0 Å². The summed E-state index contributed by atoms with van der Waals surface area (Å²) >= 11 is 0. The maximum absolute atomic E-state index is 13.3. The first-order valence-electron chi connectivity index (χ1n) is 8.31. The summed E-state index contributed by atoms with van der Waals surface area (Å²) in [5.41, 5.74) is 1.36. The molecule has 2 unspecified atom stereocenters. The molecule has 0 aromatic heterocycles. The fraction of sp³-hybridized carbons (Fsp3) is 0.667. The molecule has 2 nitrogen and oxygen atoms in total. The average molecular weight is 289 g/mol. The molecule has 0 bridgehead atoms. The molecular formula is C18H24FNO. The summed E-state index contributed by atoms with van der Waals surface area (Å²) < 4.78 is 19.4. The first-order valence-corrected chi connectivity index (χ1v) is 8.31. The molecule has 1 aliphatic heterocycles. The fourth-order valence-electron chi connectivity index (χ4n) is 3.75. The Hall–Kier alpha value is -1.09. The van der Waals surface area contributed by atoms with Gasteiger partial charge in [-0.25, -0.2) is 4.39 Å². The zero-order chi connectivity index (χ0) is 14.4. The smallest absolute Gasteiger partial charge is 0.123 e. The normalized spacial score (nSPS) is 27.0. The van der Waals surface area contributed by atoms with Gasteiger partial charge in [0.2, 0.25) is 0 Å². The van der Waals surface area contributed by atoms with Crippen LogP contribution in [0.3, 0.4) is 0 Å². The lowest BCUT2D eigenvalue weighted by molar-refractivity contribution is 0.126. The summed E-state index contributed by atoms with van der Waals surface area (Å²) in [6.45, 7) is 3.51. The Balaban J connectivity index is 1.42. The van der Waals surface area contributed by atoms with Gasteiger partial charge in [0.1, 0.15) is 17.7 Å². The Labute approximate surface area is 126 Å². The summed E-state index contributed by atoms with van der Waals surface area (Å²) in [5.74, 6) is 1.57. The van der Waals surface area contributed by atoms with Crippen molar-refractivity contribution in [3.63, 3.8) is 0 Å². The van der Waals surface area contributed by atoms with Crippen molar-refractivity contribution in [3.8, 4) is 5.75 Å². The number of rotatable bonds is 6. The molecule has 3 heteroatoms. The van der Waals surface area contributed by atoms with Crippen molar-refractivity contribution in [2.75, 3.05) is 6.54 Å². The van der Waals surface area contributed by atoms with E-state index >= 15 is 0 Å². The third-order valence-corrected chi connectivity index (χ3v) is 5.39. The van der Waals surface area contributed by atoms with Crippen LogP contribution in [0.25, 0.3) is 0 Å². The van der Waals surface area contributed by atoms with Gasteiger partial charge in [-0.15, -0.1) is 0 Å². The maximum atomic E-state index is 13.3. The number of fused-ring (bicyclic) bond motifs is 1. The van der Waals surface area contributed by atoms with E-state index in [0.717, 1.165) is 42.7 Å². The predicted molar refractivity (Wildman–Crippen MR) is 81.0 cm³/mol. The van der Waals surface area contributed by atoms with E-state index in [0.29, 0.717) is 5.41 Å². The quantitative estimate of drug-likeness (QED) is 0.862. The second kappa shape index (κ2) is 4.98. The van der Waals surface area contributed by atoms with E-state index in [1.165, 1.54) is 31.7 Å². The van der Waals surface area contributed by atoms with Crippen molar-refractivity contribution >= 4 is 0 Å². The van der Waals surface area contributed by atoms with Gasteiger partial charge in [-0.2, -0.15) is 0 Å². The van der Waals surface area contributed by atoms with Crippen molar-refractivity contribution < 1.29 is 9.13 Å². The molecule has 1 aromatic rings. The summed E-state index contributed by atoms with van der Waals surface area (Å²) in [7, 11) is 0. The Morgan fingerprint density at radius 3 is 2.81 bits per heavy atom. The number of hydrogen-bond donors (Lipinski definition) is 1. The third kappa shape index (κ3) is 2.94. The van der Waals surface area contributed by atoms with Crippen molar-refractivity contribution in [2.45, 2.75) is 57.6 Å². The van der Waals surface area contributed by atoms with Crippen molar-refractivity contribution in [3.05, 3.63) is 29.6 Å². The van der Waals surface area contributed by atoms with Crippen molar-refractivity contribution in [2.24, 2.45) is 11.3 Å². The van der Waals surface area contributed by atoms with Gasteiger partial charge in [0.05, 0.1) is 0 Å². The minimum absolute atomic E-state index is 0.154. The van der Waals surface area contributed by atoms with Gasteiger partial charge in [-0.05, 0) is 61.6 Å². The second-order valence-corrected chi connectivity index (χ2v) is 7.48. The molecule has 1 aromatic carbocycles. The van der Waals surface area contributed by atoms with Crippen LogP contribution in [-0.4, -0.2) is 18.7 Å². The van der Waals surface area contributed by atoms with Crippen molar-refractivity contribution in [1.29, 1.82) is 0 Å². The Kier molecular flexibility index (Phi) is 3.21. The molecule has 0 spiro atoms. The number of ether oxygens (including phenoxy) is 1. The van der Waals surface area contributed by atoms with Crippen LogP contribution in [0.2, 0.25) is 0 Å². The number of hydrogen-bond acceptors (Lipinski definition) is 2. The summed E-state index contributed by atoms with van der Waals surface area (Å²) in [4.78, 5) is 0. The Bertz CT molecular complexity index is 538. The third-order valence-electron chi connectivity index (χ3n) is 5.39. The maximum Gasteiger partial charge on any atom is 0.123 e. The highest BCUT2D eigenvalue weighted by Crippen LogP contribution is 2.49. The molecule has 4 rings (SSSR count). The van der Waals surface area contributed by atoms with E-state index in [1.54, 1.807) is 12.1 Å². The average Bonchev–Trinajstić information content (AvgIpc) is 3.34. The summed E-state index contributed by atoms with van der Waals surface area (Å²) in [6.07, 6.45) is 7.55. The van der Waals surface area contributed by atoms with Gasteiger partial charge in [0.15, 0.2) is 0 Å². The van der Waals surface area contributed by atoms with Gasteiger partial charge < -0.3 is 10.1 Å². The predicted octanol–water partition coefficient (Wildman–Crippen LogP) is 3.69. The number of benzene rings is 1. The van der Waals surface area contributed by atoms with Crippen LogP contribution < -0.4 is 10.1 Å². The highest BCUT2D eigenvalue weighted by molar-refractivity contribution is 5.38. The minimum atomic E-state index is -0.154. The zero-order valence-corrected chi connectivity index (χ0v) is 12.7. The molecule has 0 amide bonds. The monoisotopic (exact) mass is 289 g/mol. The summed E-state index contributed by atoms with van der Waals surface area (Å²) in [5, 5.41) is 3.71. The fourth-order valence-corrected chi connectivity index (χ4v) is 3.75. The minimum Gasteiger partial charge on any atom is -0.490 e. The largest absolute Gasteiger partial charge is 0.490 e.